The third-order valence-electron chi connectivity index (χ3n) is 3.00. The van der Waals surface area contributed by atoms with Crippen LogP contribution in [-0.4, -0.2) is 16.5 Å². The molecular formula is C15H18N2O. The maximum Gasteiger partial charge on any atom is 0.251 e. The molecule has 1 aromatic heterocycles. The lowest BCUT2D eigenvalue weighted by Crippen LogP contribution is -2.31. The molecule has 1 heterocycles. The summed E-state index contributed by atoms with van der Waals surface area (Å²) in [6.07, 6.45) is 4.86. The predicted molar refractivity (Wildman–Crippen MR) is 73.0 cm³/mol. The van der Waals surface area contributed by atoms with E-state index >= 15 is 0 Å². The second-order valence-electron chi connectivity index (χ2n) is 4.42. The Morgan fingerprint density at radius 2 is 2.00 bits per heavy atom. The van der Waals surface area contributed by atoms with Gasteiger partial charge >= 0.3 is 0 Å². The molecule has 2 rings (SSSR count). The summed E-state index contributed by atoms with van der Waals surface area (Å²) in [5, 5.41) is 2.97. The molecule has 0 saturated heterocycles. The Morgan fingerprint density at radius 1 is 1.28 bits per heavy atom. The molecule has 0 aliphatic heterocycles. The molecule has 0 bridgehead atoms. The summed E-state index contributed by atoms with van der Waals surface area (Å²) in [5.74, 6) is -0.0154. The summed E-state index contributed by atoms with van der Waals surface area (Å²) in [7, 11) is 0. The van der Waals surface area contributed by atoms with Crippen molar-refractivity contribution in [1.29, 1.82) is 0 Å². The molecule has 1 aromatic carbocycles. The van der Waals surface area contributed by atoms with Crippen molar-refractivity contribution in [1.82, 2.24) is 9.88 Å². The highest BCUT2D eigenvalue weighted by Gasteiger charge is 2.08. The maximum absolute atomic E-state index is 12.0. The molecule has 1 atom stereocenters. The Balaban J connectivity index is 2.20. The first-order valence-corrected chi connectivity index (χ1v) is 6.25. The van der Waals surface area contributed by atoms with E-state index in [-0.39, 0.29) is 11.9 Å². The van der Waals surface area contributed by atoms with Gasteiger partial charge in [-0.2, -0.15) is 0 Å². The standard InChI is InChI=1S/C15H18N2O/c1-3-12(2)16-15(18)13-7-6-8-14(11-13)17-9-4-5-10-17/h4-12H,3H2,1-2H3,(H,16,18). The Hall–Kier alpha value is -2.03. The number of rotatable bonds is 4. The van der Waals surface area contributed by atoms with E-state index in [4.69, 9.17) is 0 Å². The number of benzene rings is 1. The van der Waals surface area contributed by atoms with E-state index in [1.807, 2.05) is 60.3 Å². The van der Waals surface area contributed by atoms with Crippen molar-refractivity contribution in [3.05, 3.63) is 54.4 Å². The highest BCUT2D eigenvalue weighted by molar-refractivity contribution is 5.94. The summed E-state index contributed by atoms with van der Waals surface area (Å²) < 4.78 is 1.99. The van der Waals surface area contributed by atoms with Gasteiger partial charge in [0, 0.05) is 29.7 Å². The lowest BCUT2D eigenvalue weighted by atomic mass is 10.1. The molecule has 1 N–H and O–H groups in total. The van der Waals surface area contributed by atoms with Crippen LogP contribution in [0, 0.1) is 0 Å². The Labute approximate surface area is 107 Å². The first-order chi connectivity index (χ1) is 8.70. The van der Waals surface area contributed by atoms with Crippen molar-refractivity contribution in [3.8, 4) is 5.69 Å². The molecule has 94 valence electrons. The lowest BCUT2D eigenvalue weighted by Gasteiger charge is -2.12. The molecule has 1 amide bonds. The Bertz CT molecular complexity index is 517. The molecular weight excluding hydrogens is 224 g/mol. The molecule has 0 radical (unpaired) electrons. The van der Waals surface area contributed by atoms with Gasteiger partial charge in [-0.05, 0) is 43.7 Å². The number of nitrogens with zero attached hydrogens (tertiary/aromatic N) is 1. The molecule has 3 nitrogen and oxygen atoms in total. The third-order valence-corrected chi connectivity index (χ3v) is 3.00. The summed E-state index contributed by atoms with van der Waals surface area (Å²) in [6.45, 7) is 4.06. The molecule has 18 heavy (non-hydrogen) atoms. The van der Waals surface area contributed by atoms with Gasteiger partial charge < -0.3 is 9.88 Å². The molecule has 0 spiro atoms. The van der Waals surface area contributed by atoms with Crippen LogP contribution in [0.25, 0.3) is 5.69 Å². The summed E-state index contributed by atoms with van der Waals surface area (Å²) in [5.41, 5.74) is 1.69. The summed E-state index contributed by atoms with van der Waals surface area (Å²) >= 11 is 0. The van der Waals surface area contributed by atoms with E-state index in [1.54, 1.807) is 0 Å². The molecule has 3 heteroatoms. The van der Waals surface area contributed by atoms with Gasteiger partial charge in [0.15, 0.2) is 0 Å². The van der Waals surface area contributed by atoms with Crippen LogP contribution < -0.4 is 5.32 Å². The third kappa shape index (κ3) is 2.80. The number of carbonyl (C=O) groups excluding carboxylic acids is 1. The monoisotopic (exact) mass is 242 g/mol. The highest BCUT2D eigenvalue weighted by atomic mass is 16.1. The molecule has 0 saturated carbocycles. The zero-order valence-electron chi connectivity index (χ0n) is 10.8. The number of amides is 1. The van der Waals surface area contributed by atoms with Gasteiger partial charge in [0.1, 0.15) is 0 Å². The van der Waals surface area contributed by atoms with Crippen LogP contribution in [0.1, 0.15) is 30.6 Å². The van der Waals surface area contributed by atoms with Gasteiger partial charge in [-0.1, -0.05) is 13.0 Å². The largest absolute Gasteiger partial charge is 0.350 e. The van der Waals surface area contributed by atoms with Crippen molar-refractivity contribution in [2.45, 2.75) is 26.3 Å². The second-order valence-corrected chi connectivity index (χ2v) is 4.42. The number of hydrogen-bond acceptors (Lipinski definition) is 1. The van der Waals surface area contributed by atoms with Crippen LogP contribution in [0.4, 0.5) is 0 Å². The molecule has 0 aliphatic rings. The number of aromatic nitrogens is 1. The van der Waals surface area contributed by atoms with Crippen LogP contribution in [0.5, 0.6) is 0 Å². The van der Waals surface area contributed by atoms with Crippen LogP contribution >= 0.6 is 0 Å². The lowest BCUT2D eigenvalue weighted by molar-refractivity contribution is 0.0939. The Morgan fingerprint density at radius 3 is 2.67 bits per heavy atom. The predicted octanol–water partition coefficient (Wildman–Crippen LogP) is 3.01. The molecule has 0 fully saturated rings. The molecule has 1 unspecified atom stereocenters. The quantitative estimate of drug-likeness (QED) is 0.878. The first-order valence-electron chi connectivity index (χ1n) is 6.25. The number of hydrogen-bond donors (Lipinski definition) is 1. The van der Waals surface area contributed by atoms with Gasteiger partial charge in [-0.15, -0.1) is 0 Å². The Kier molecular flexibility index (Phi) is 3.82. The van der Waals surface area contributed by atoms with Crippen molar-refractivity contribution in [2.24, 2.45) is 0 Å². The average Bonchev–Trinajstić information content (AvgIpc) is 2.92. The van der Waals surface area contributed by atoms with Crippen molar-refractivity contribution >= 4 is 5.91 Å². The second kappa shape index (κ2) is 5.54. The van der Waals surface area contributed by atoms with E-state index < -0.39 is 0 Å². The molecule has 2 aromatic rings. The van der Waals surface area contributed by atoms with Gasteiger partial charge in [0.05, 0.1) is 0 Å². The minimum absolute atomic E-state index is 0.0154. The average molecular weight is 242 g/mol. The van der Waals surface area contributed by atoms with Gasteiger partial charge in [-0.3, -0.25) is 4.79 Å². The van der Waals surface area contributed by atoms with Crippen molar-refractivity contribution in [3.63, 3.8) is 0 Å². The maximum atomic E-state index is 12.0. The van der Waals surface area contributed by atoms with E-state index in [9.17, 15) is 4.79 Å². The normalized spacial score (nSPS) is 12.1. The fraction of sp³-hybridized carbons (Fsp3) is 0.267. The minimum Gasteiger partial charge on any atom is -0.350 e. The van der Waals surface area contributed by atoms with E-state index in [1.165, 1.54) is 0 Å². The summed E-state index contributed by atoms with van der Waals surface area (Å²) in [6, 6.07) is 11.8. The fourth-order valence-electron chi connectivity index (χ4n) is 1.72. The van der Waals surface area contributed by atoms with Crippen LogP contribution in [0.2, 0.25) is 0 Å². The summed E-state index contributed by atoms with van der Waals surface area (Å²) in [4.78, 5) is 12.0. The van der Waals surface area contributed by atoms with Crippen LogP contribution in [-0.2, 0) is 0 Å². The van der Waals surface area contributed by atoms with E-state index in [2.05, 4.69) is 12.2 Å². The highest BCUT2D eigenvalue weighted by Crippen LogP contribution is 2.11. The van der Waals surface area contributed by atoms with Gasteiger partial charge in [0.2, 0.25) is 0 Å². The van der Waals surface area contributed by atoms with Crippen LogP contribution in [0.3, 0.4) is 0 Å². The van der Waals surface area contributed by atoms with E-state index in [0.29, 0.717) is 5.56 Å². The van der Waals surface area contributed by atoms with Gasteiger partial charge in [-0.25, -0.2) is 0 Å². The van der Waals surface area contributed by atoms with Crippen molar-refractivity contribution in [2.75, 3.05) is 0 Å². The number of carbonyl (C=O) groups is 1. The number of nitrogens with one attached hydrogen (secondary N) is 1. The minimum atomic E-state index is -0.0154. The zero-order chi connectivity index (χ0) is 13.0. The SMILES string of the molecule is CCC(C)NC(=O)c1cccc(-n2cccc2)c1. The zero-order valence-corrected chi connectivity index (χ0v) is 10.8. The van der Waals surface area contributed by atoms with E-state index in [0.717, 1.165) is 12.1 Å². The smallest absolute Gasteiger partial charge is 0.251 e. The fourth-order valence-corrected chi connectivity index (χ4v) is 1.72. The molecule has 0 aliphatic carbocycles. The topological polar surface area (TPSA) is 34.0 Å². The van der Waals surface area contributed by atoms with Crippen molar-refractivity contribution < 1.29 is 4.79 Å². The van der Waals surface area contributed by atoms with Crippen LogP contribution in [0.15, 0.2) is 48.8 Å². The first kappa shape index (κ1) is 12.4. The van der Waals surface area contributed by atoms with Gasteiger partial charge in [0.25, 0.3) is 5.91 Å².